The highest BCUT2D eigenvalue weighted by Gasteiger charge is 1.92. The van der Waals surface area contributed by atoms with E-state index >= 15 is 0 Å². The molecule has 0 N–H and O–H groups in total. The lowest BCUT2D eigenvalue weighted by Crippen LogP contribution is -1.98. The minimum atomic E-state index is 0.323. The second kappa shape index (κ2) is 10.8. The van der Waals surface area contributed by atoms with Gasteiger partial charge in [0, 0.05) is 14.2 Å². The summed E-state index contributed by atoms with van der Waals surface area (Å²) in [4.78, 5) is 0. The zero-order valence-electron chi connectivity index (χ0n) is 10.6. The fourth-order valence-electron chi connectivity index (χ4n) is 0.953. The van der Waals surface area contributed by atoms with Crippen LogP contribution in [0.2, 0.25) is 0 Å². The van der Waals surface area contributed by atoms with Crippen molar-refractivity contribution in [1.29, 1.82) is 0 Å². The van der Waals surface area contributed by atoms with Crippen molar-refractivity contribution < 1.29 is 18.9 Å². The Labute approximate surface area is 97.8 Å². The quantitative estimate of drug-likeness (QED) is 0.345. The van der Waals surface area contributed by atoms with Gasteiger partial charge in [0.25, 0.3) is 0 Å². The minimum Gasteiger partial charge on any atom is -0.359 e. The normalized spacial score (nSPS) is 13.2. The van der Waals surface area contributed by atoms with Crippen molar-refractivity contribution in [3.05, 3.63) is 23.3 Å². The molecule has 0 atom stereocenters. The average Bonchev–Trinajstić information content (AvgIpc) is 2.29. The van der Waals surface area contributed by atoms with Gasteiger partial charge in [-0.25, -0.2) is 0 Å². The number of hydrogen-bond donors (Lipinski definition) is 0. The standard InChI is InChI=1S/C12H22O4/c1-11(5-7-15-9-13-3)12(2)6-8-16-10-14-4/h5-6H,7-10H2,1-4H3/b11-5-,12-6-. The molecule has 0 radical (unpaired) electrons. The highest BCUT2D eigenvalue weighted by Crippen LogP contribution is 2.07. The molecule has 0 aromatic heterocycles. The van der Waals surface area contributed by atoms with E-state index in [1.807, 2.05) is 26.0 Å². The Balaban J connectivity index is 3.81. The zero-order valence-corrected chi connectivity index (χ0v) is 10.6. The molecule has 0 aromatic rings. The Bertz CT molecular complexity index is 197. The molecule has 0 heterocycles. The summed E-state index contributed by atoms with van der Waals surface area (Å²) in [5.41, 5.74) is 2.36. The summed E-state index contributed by atoms with van der Waals surface area (Å²) in [6.45, 7) is 5.84. The first-order valence-electron chi connectivity index (χ1n) is 5.19. The highest BCUT2D eigenvalue weighted by molar-refractivity contribution is 5.26. The molecule has 0 saturated heterocycles. The molecule has 0 amide bonds. The third kappa shape index (κ3) is 8.61. The number of rotatable bonds is 9. The Morgan fingerprint density at radius 2 is 1.19 bits per heavy atom. The van der Waals surface area contributed by atoms with E-state index in [-0.39, 0.29) is 0 Å². The second-order valence-electron chi connectivity index (χ2n) is 3.33. The number of hydrogen-bond acceptors (Lipinski definition) is 4. The molecule has 0 aliphatic carbocycles. The lowest BCUT2D eigenvalue weighted by molar-refractivity contribution is -0.0192. The van der Waals surface area contributed by atoms with Crippen LogP contribution in [-0.4, -0.2) is 41.0 Å². The van der Waals surface area contributed by atoms with E-state index in [0.29, 0.717) is 26.8 Å². The summed E-state index contributed by atoms with van der Waals surface area (Å²) < 4.78 is 19.9. The van der Waals surface area contributed by atoms with Crippen LogP contribution in [0, 0.1) is 0 Å². The smallest absolute Gasteiger partial charge is 0.146 e. The van der Waals surface area contributed by atoms with Gasteiger partial charge in [-0.2, -0.15) is 0 Å². The molecule has 0 unspecified atom stereocenters. The number of allylic oxidation sites excluding steroid dienone is 2. The molecule has 0 spiro atoms. The Hall–Kier alpha value is -0.680. The van der Waals surface area contributed by atoms with Crippen molar-refractivity contribution >= 4 is 0 Å². The third-order valence-electron chi connectivity index (χ3n) is 2.04. The van der Waals surface area contributed by atoms with Gasteiger partial charge in [0.05, 0.1) is 13.2 Å². The lowest BCUT2D eigenvalue weighted by atomic mass is 10.1. The molecule has 16 heavy (non-hydrogen) atoms. The molecule has 0 saturated carbocycles. The lowest BCUT2D eigenvalue weighted by Gasteiger charge is -2.04. The maximum absolute atomic E-state index is 5.17. The molecular formula is C12H22O4. The van der Waals surface area contributed by atoms with Crippen molar-refractivity contribution in [3.8, 4) is 0 Å². The van der Waals surface area contributed by atoms with Crippen LogP contribution < -0.4 is 0 Å². The van der Waals surface area contributed by atoms with Gasteiger partial charge in [0.1, 0.15) is 13.6 Å². The number of ether oxygens (including phenoxy) is 4. The first kappa shape index (κ1) is 15.3. The first-order chi connectivity index (χ1) is 7.72. The SMILES string of the molecule is COCOC/C=C(C)\C(C)=C/COCOC. The summed E-state index contributed by atoms with van der Waals surface area (Å²) in [6.07, 6.45) is 4.03. The van der Waals surface area contributed by atoms with Gasteiger partial charge in [-0.05, 0) is 13.8 Å². The van der Waals surface area contributed by atoms with Gasteiger partial charge in [-0.15, -0.1) is 0 Å². The van der Waals surface area contributed by atoms with E-state index < -0.39 is 0 Å². The number of methoxy groups -OCH3 is 2. The second-order valence-corrected chi connectivity index (χ2v) is 3.33. The Morgan fingerprint density at radius 3 is 1.50 bits per heavy atom. The molecule has 94 valence electrons. The maximum Gasteiger partial charge on any atom is 0.146 e. The monoisotopic (exact) mass is 230 g/mol. The fourth-order valence-corrected chi connectivity index (χ4v) is 0.953. The van der Waals surface area contributed by atoms with E-state index in [9.17, 15) is 0 Å². The van der Waals surface area contributed by atoms with Crippen LogP contribution >= 0.6 is 0 Å². The molecule has 4 nitrogen and oxygen atoms in total. The summed E-state index contributed by atoms with van der Waals surface area (Å²) in [5.74, 6) is 0. The van der Waals surface area contributed by atoms with Gasteiger partial charge >= 0.3 is 0 Å². The van der Waals surface area contributed by atoms with Crippen molar-refractivity contribution in [2.45, 2.75) is 13.8 Å². The first-order valence-corrected chi connectivity index (χ1v) is 5.19. The van der Waals surface area contributed by atoms with Gasteiger partial charge in [0.15, 0.2) is 0 Å². The van der Waals surface area contributed by atoms with Gasteiger partial charge in [-0.1, -0.05) is 23.3 Å². The predicted octanol–water partition coefficient (Wildman–Crippen LogP) is 2.12. The summed E-state index contributed by atoms with van der Waals surface area (Å²) in [6, 6.07) is 0. The van der Waals surface area contributed by atoms with E-state index in [4.69, 9.17) is 18.9 Å². The zero-order chi connectivity index (χ0) is 12.2. The van der Waals surface area contributed by atoms with Crippen LogP contribution in [0.1, 0.15) is 13.8 Å². The van der Waals surface area contributed by atoms with E-state index in [1.165, 1.54) is 11.1 Å². The van der Waals surface area contributed by atoms with Crippen LogP contribution in [0.3, 0.4) is 0 Å². The topological polar surface area (TPSA) is 36.9 Å². The Morgan fingerprint density at radius 1 is 0.812 bits per heavy atom. The molecule has 0 rings (SSSR count). The average molecular weight is 230 g/mol. The van der Waals surface area contributed by atoms with Crippen molar-refractivity contribution in [1.82, 2.24) is 0 Å². The van der Waals surface area contributed by atoms with E-state index in [0.717, 1.165) is 0 Å². The molecular weight excluding hydrogens is 208 g/mol. The molecule has 4 heteroatoms. The molecule has 0 aliphatic heterocycles. The van der Waals surface area contributed by atoms with Crippen LogP contribution in [0.4, 0.5) is 0 Å². The van der Waals surface area contributed by atoms with Crippen LogP contribution in [0.25, 0.3) is 0 Å². The Kier molecular flexibility index (Phi) is 10.4. The molecule has 0 aliphatic rings. The predicted molar refractivity (Wildman–Crippen MR) is 63.2 cm³/mol. The largest absolute Gasteiger partial charge is 0.359 e. The maximum atomic E-state index is 5.17. The van der Waals surface area contributed by atoms with E-state index in [2.05, 4.69) is 0 Å². The molecule has 0 fully saturated rings. The van der Waals surface area contributed by atoms with Crippen LogP contribution in [-0.2, 0) is 18.9 Å². The fraction of sp³-hybridized carbons (Fsp3) is 0.667. The van der Waals surface area contributed by atoms with Crippen molar-refractivity contribution in [3.63, 3.8) is 0 Å². The van der Waals surface area contributed by atoms with Gasteiger partial charge in [-0.3, -0.25) is 0 Å². The molecule has 0 bridgehead atoms. The van der Waals surface area contributed by atoms with Gasteiger partial charge < -0.3 is 18.9 Å². The van der Waals surface area contributed by atoms with Crippen LogP contribution in [0.5, 0.6) is 0 Å². The highest BCUT2D eigenvalue weighted by atomic mass is 16.7. The minimum absolute atomic E-state index is 0.323. The summed E-state index contributed by atoms with van der Waals surface area (Å²) in [5, 5.41) is 0. The summed E-state index contributed by atoms with van der Waals surface area (Å²) >= 11 is 0. The third-order valence-corrected chi connectivity index (χ3v) is 2.04. The van der Waals surface area contributed by atoms with Gasteiger partial charge in [0.2, 0.25) is 0 Å². The molecule has 0 aromatic carbocycles. The van der Waals surface area contributed by atoms with Crippen LogP contribution in [0.15, 0.2) is 23.3 Å². The van der Waals surface area contributed by atoms with Crippen molar-refractivity contribution in [2.75, 3.05) is 41.0 Å². The van der Waals surface area contributed by atoms with Crippen molar-refractivity contribution in [2.24, 2.45) is 0 Å². The van der Waals surface area contributed by atoms with E-state index in [1.54, 1.807) is 14.2 Å². The summed E-state index contributed by atoms with van der Waals surface area (Å²) in [7, 11) is 3.21.